The smallest absolute Gasteiger partial charge is 0.237 e. The van der Waals surface area contributed by atoms with E-state index in [1.807, 2.05) is 0 Å². The first kappa shape index (κ1) is 19.7. The molecule has 1 aliphatic rings. The van der Waals surface area contributed by atoms with Crippen LogP contribution in [0.5, 0.6) is 0 Å². The molecule has 1 aliphatic heterocycles. The van der Waals surface area contributed by atoms with Crippen LogP contribution in [0, 0.1) is 0 Å². The summed E-state index contributed by atoms with van der Waals surface area (Å²) >= 11 is 7.23. The lowest BCUT2D eigenvalue weighted by Gasteiger charge is -2.21. The highest BCUT2D eigenvalue weighted by Gasteiger charge is 2.25. The monoisotopic (exact) mass is 424 g/mol. The fraction of sp³-hybridized carbons (Fsp3) is 0.222. The summed E-state index contributed by atoms with van der Waals surface area (Å²) in [6, 6.07) is 11.2. The van der Waals surface area contributed by atoms with Gasteiger partial charge in [-0.2, -0.15) is 0 Å². The van der Waals surface area contributed by atoms with Crippen molar-refractivity contribution in [1.82, 2.24) is 0 Å². The molecule has 0 aromatic heterocycles. The van der Waals surface area contributed by atoms with Gasteiger partial charge >= 0.3 is 0 Å². The third-order valence-corrected chi connectivity index (χ3v) is 7.07. The Labute approximate surface area is 166 Å². The summed E-state index contributed by atoms with van der Waals surface area (Å²) in [5.41, 5.74) is 0.986. The maximum atomic E-state index is 12.6. The predicted octanol–water partition coefficient (Wildman–Crippen LogP) is 3.58. The number of hydrogen-bond donors (Lipinski definition) is 2. The molecule has 1 atom stereocenters. The number of hydrogen-bond acceptors (Lipinski definition) is 5. The van der Waals surface area contributed by atoms with Crippen LogP contribution in [-0.2, 0) is 19.4 Å². The van der Waals surface area contributed by atoms with Gasteiger partial charge in [-0.3, -0.25) is 9.59 Å². The molecule has 0 spiro atoms. The Kier molecular flexibility index (Phi) is 5.78. The summed E-state index contributed by atoms with van der Waals surface area (Å²) in [7, 11) is -3.67. The van der Waals surface area contributed by atoms with Crippen molar-refractivity contribution in [3.05, 3.63) is 47.5 Å². The maximum Gasteiger partial charge on any atom is 0.237 e. The quantitative estimate of drug-likeness (QED) is 0.765. The number of rotatable bonds is 5. The Balaban J connectivity index is 1.67. The third-order valence-electron chi connectivity index (χ3n) is 3.95. The van der Waals surface area contributed by atoms with Crippen molar-refractivity contribution in [2.45, 2.75) is 28.4 Å². The Bertz CT molecular complexity index is 1010. The second-order valence-corrected chi connectivity index (χ2v) is 9.96. The number of amides is 2. The van der Waals surface area contributed by atoms with E-state index in [2.05, 4.69) is 10.6 Å². The van der Waals surface area contributed by atoms with E-state index >= 15 is 0 Å². The van der Waals surface area contributed by atoms with Crippen LogP contribution in [0.1, 0.15) is 13.3 Å². The van der Waals surface area contributed by atoms with E-state index in [9.17, 15) is 18.0 Å². The number of sulfone groups is 1. The zero-order valence-corrected chi connectivity index (χ0v) is 16.7. The van der Waals surface area contributed by atoms with Crippen LogP contribution >= 0.6 is 23.4 Å². The molecule has 0 aliphatic carbocycles. The van der Waals surface area contributed by atoms with Crippen molar-refractivity contribution >= 4 is 56.4 Å². The van der Waals surface area contributed by atoms with Gasteiger partial charge in [0.25, 0.3) is 0 Å². The zero-order chi connectivity index (χ0) is 19.6. The lowest BCUT2D eigenvalue weighted by atomic mass is 10.3. The number of fused-ring (bicyclic) bond motifs is 1. The molecule has 1 heterocycles. The molecule has 0 saturated carbocycles. The summed E-state index contributed by atoms with van der Waals surface area (Å²) in [4.78, 5) is 24.7. The molecule has 3 rings (SSSR count). The summed E-state index contributed by atoms with van der Waals surface area (Å²) < 4.78 is 25.1. The number of nitrogens with one attached hydrogen (secondary N) is 2. The van der Waals surface area contributed by atoms with Crippen molar-refractivity contribution in [1.29, 1.82) is 0 Å². The minimum absolute atomic E-state index is 0.0762. The van der Waals surface area contributed by atoms with Crippen LogP contribution < -0.4 is 10.6 Å². The van der Waals surface area contributed by atoms with Gasteiger partial charge in [0.1, 0.15) is 0 Å². The van der Waals surface area contributed by atoms with Crippen molar-refractivity contribution in [3.8, 4) is 0 Å². The lowest BCUT2D eigenvalue weighted by molar-refractivity contribution is -0.116. The summed E-state index contributed by atoms with van der Waals surface area (Å²) in [6.07, 6.45) is -0.190. The second-order valence-electron chi connectivity index (χ2n) is 6.03. The molecular weight excluding hydrogens is 408 g/mol. The average Bonchev–Trinajstić information content (AvgIpc) is 2.61. The molecular formula is C18H17ClN2O4S2. The Morgan fingerprint density at radius 2 is 2.04 bits per heavy atom. The Morgan fingerprint density at radius 3 is 2.78 bits per heavy atom. The first-order chi connectivity index (χ1) is 12.7. The van der Waals surface area contributed by atoms with Gasteiger partial charge in [-0.25, -0.2) is 8.42 Å². The van der Waals surface area contributed by atoms with Crippen molar-refractivity contribution in [2.24, 2.45) is 0 Å². The van der Waals surface area contributed by atoms with E-state index < -0.39 is 15.7 Å². The van der Waals surface area contributed by atoms with Gasteiger partial charge in [0.05, 0.1) is 21.6 Å². The lowest BCUT2D eigenvalue weighted by Crippen LogP contribution is -2.26. The Hall–Kier alpha value is -2.03. The molecule has 9 heteroatoms. The van der Waals surface area contributed by atoms with E-state index in [1.165, 1.54) is 23.9 Å². The largest absolute Gasteiger partial charge is 0.326 e. The van der Waals surface area contributed by atoms with Gasteiger partial charge in [0.15, 0.2) is 9.84 Å². The van der Waals surface area contributed by atoms with Gasteiger partial charge in [0, 0.05) is 22.0 Å². The fourth-order valence-electron chi connectivity index (χ4n) is 2.52. The number of halogens is 1. The van der Waals surface area contributed by atoms with Crippen LogP contribution in [0.25, 0.3) is 0 Å². The Morgan fingerprint density at radius 1 is 1.26 bits per heavy atom. The number of benzene rings is 2. The molecule has 142 valence electrons. The standard InChI is InChI=1S/C18H17ClN2O4S2/c1-11-18(23)21-15-10-14(5-6-16(15)26-11)27(24,25)8-7-17(22)20-13-4-2-3-12(19)9-13/h2-6,9-11H,7-8H2,1H3,(H,20,22)(H,21,23)/t11-/m0/s1. The first-order valence-corrected chi connectivity index (χ1v) is 11.1. The molecule has 2 N–H and O–H groups in total. The van der Waals surface area contributed by atoms with Gasteiger partial charge in [0.2, 0.25) is 11.8 Å². The van der Waals surface area contributed by atoms with Crippen LogP contribution in [0.3, 0.4) is 0 Å². The van der Waals surface area contributed by atoms with E-state index in [-0.39, 0.29) is 28.2 Å². The van der Waals surface area contributed by atoms with Crippen molar-refractivity contribution in [3.63, 3.8) is 0 Å². The molecule has 0 bridgehead atoms. The van der Waals surface area contributed by atoms with Gasteiger partial charge in [-0.1, -0.05) is 17.7 Å². The minimum Gasteiger partial charge on any atom is -0.326 e. The molecule has 0 radical (unpaired) electrons. The van der Waals surface area contributed by atoms with Crippen LogP contribution in [0.15, 0.2) is 52.3 Å². The SMILES string of the molecule is C[C@@H]1Sc2ccc(S(=O)(=O)CCC(=O)Nc3cccc(Cl)c3)cc2NC1=O. The molecule has 0 unspecified atom stereocenters. The minimum atomic E-state index is -3.67. The second kappa shape index (κ2) is 7.92. The highest BCUT2D eigenvalue weighted by Crippen LogP contribution is 2.36. The number of carbonyl (C=O) groups is 2. The predicted molar refractivity (Wildman–Crippen MR) is 107 cm³/mol. The molecule has 27 heavy (non-hydrogen) atoms. The normalized spacial score (nSPS) is 16.4. The molecule has 2 aromatic carbocycles. The van der Waals surface area contributed by atoms with Crippen molar-refractivity contribution < 1.29 is 18.0 Å². The van der Waals surface area contributed by atoms with Crippen LogP contribution in [-0.4, -0.2) is 31.2 Å². The third kappa shape index (κ3) is 4.82. The van der Waals surface area contributed by atoms with Gasteiger partial charge in [-0.05, 0) is 43.3 Å². The number of thioether (sulfide) groups is 1. The molecule has 2 aromatic rings. The molecule has 0 saturated heterocycles. The average molecular weight is 425 g/mol. The van der Waals surface area contributed by atoms with Crippen molar-refractivity contribution in [2.75, 3.05) is 16.4 Å². The highest BCUT2D eigenvalue weighted by atomic mass is 35.5. The summed E-state index contributed by atoms with van der Waals surface area (Å²) in [5, 5.41) is 5.58. The molecule has 2 amide bonds. The fourth-order valence-corrected chi connectivity index (χ4v) is 4.90. The maximum absolute atomic E-state index is 12.6. The first-order valence-electron chi connectivity index (χ1n) is 8.14. The highest BCUT2D eigenvalue weighted by molar-refractivity contribution is 8.01. The van der Waals surface area contributed by atoms with Crippen LogP contribution in [0.2, 0.25) is 5.02 Å². The number of anilines is 2. The van der Waals surface area contributed by atoms with E-state index in [0.717, 1.165) is 4.90 Å². The van der Waals surface area contributed by atoms with Crippen LogP contribution in [0.4, 0.5) is 11.4 Å². The summed E-state index contributed by atoms with van der Waals surface area (Å²) in [6.45, 7) is 1.78. The van der Waals surface area contributed by atoms with E-state index in [4.69, 9.17) is 11.6 Å². The topological polar surface area (TPSA) is 92.3 Å². The molecule has 0 fully saturated rings. The zero-order valence-electron chi connectivity index (χ0n) is 14.4. The number of carbonyl (C=O) groups excluding carboxylic acids is 2. The van der Waals surface area contributed by atoms with Gasteiger partial charge in [-0.15, -0.1) is 11.8 Å². The molecule has 6 nitrogen and oxygen atoms in total. The van der Waals surface area contributed by atoms with E-state index in [0.29, 0.717) is 16.4 Å². The van der Waals surface area contributed by atoms with Gasteiger partial charge < -0.3 is 10.6 Å². The van der Waals surface area contributed by atoms with E-state index in [1.54, 1.807) is 37.3 Å². The summed E-state index contributed by atoms with van der Waals surface area (Å²) in [5.74, 6) is -0.921.